The highest BCUT2D eigenvalue weighted by atomic mass is 19.1. The van der Waals surface area contributed by atoms with Crippen molar-refractivity contribution in [1.29, 1.82) is 0 Å². The second kappa shape index (κ2) is 5.98. The monoisotopic (exact) mass is 289 g/mol. The smallest absolute Gasteiger partial charge is 0.126 e. The number of nitrogens with zero attached hydrogens (tertiary/aromatic N) is 2. The van der Waals surface area contributed by atoms with Crippen molar-refractivity contribution in [3.8, 4) is 5.69 Å². The van der Waals surface area contributed by atoms with Gasteiger partial charge < -0.3 is 5.32 Å². The van der Waals surface area contributed by atoms with Gasteiger partial charge in [0.15, 0.2) is 0 Å². The lowest BCUT2D eigenvalue weighted by Crippen LogP contribution is -2.16. The third-order valence-electron chi connectivity index (χ3n) is 4.23. The van der Waals surface area contributed by atoms with Crippen molar-refractivity contribution >= 4 is 0 Å². The first-order valence-electron chi connectivity index (χ1n) is 7.43. The highest BCUT2D eigenvalue weighted by molar-refractivity contribution is 5.48. The molecule has 1 aromatic heterocycles. The SMILES string of the molecule is CCc1c(C)nn(-c2cc(C)c(F)cc2C(C)NC)c1C. The third-order valence-corrected chi connectivity index (χ3v) is 4.23. The minimum atomic E-state index is -0.173. The number of nitrogens with one attached hydrogen (secondary N) is 1. The molecule has 2 rings (SSSR count). The van der Waals surface area contributed by atoms with E-state index < -0.39 is 0 Å². The quantitative estimate of drug-likeness (QED) is 0.928. The molecule has 1 heterocycles. The van der Waals surface area contributed by atoms with E-state index in [2.05, 4.69) is 24.3 Å². The Kier molecular flexibility index (Phi) is 4.47. The zero-order chi connectivity index (χ0) is 15.7. The van der Waals surface area contributed by atoms with Crippen molar-refractivity contribution in [2.75, 3.05) is 7.05 Å². The van der Waals surface area contributed by atoms with Gasteiger partial charge in [0.05, 0.1) is 11.4 Å². The summed E-state index contributed by atoms with van der Waals surface area (Å²) in [4.78, 5) is 0. The van der Waals surface area contributed by atoms with Crippen LogP contribution in [0.25, 0.3) is 5.69 Å². The maximum atomic E-state index is 14.0. The summed E-state index contributed by atoms with van der Waals surface area (Å²) >= 11 is 0. The molecule has 0 bridgehead atoms. The number of hydrogen-bond donors (Lipinski definition) is 1. The lowest BCUT2D eigenvalue weighted by atomic mass is 10.0. The highest BCUT2D eigenvalue weighted by Gasteiger charge is 2.18. The molecule has 0 radical (unpaired) electrons. The van der Waals surface area contributed by atoms with Gasteiger partial charge in [-0.05, 0) is 70.0 Å². The van der Waals surface area contributed by atoms with E-state index in [1.807, 2.05) is 31.6 Å². The molecule has 0 saturated carbocycles. The Morgan fingerprint density at radius 2 is 1.95 bits per heavy atom. The Morgan fingerprint density at radius 1 is 1.29 bits per heavy atom. The predicted molar refractivity (Wildman–Crippen MR) is 84.6 cm³/mol. The van der Waals surface area contributed by atoms with E-state index in [-0.39, 0.29) is 11.9 Å². The fraction of sp³-hybridized carbons (Fsp3) is 0.471. The van der Waals surface area contributed by atoms with E-state index >= 15 is 0 Å². The largest absolute Gasteiger partial charge is 0.313 e. The van der Waals surface area contributed by atoms with Crippen molar-refractivity contribution in [1.82, 2.24) is 15.1 Å². The van der Waals surface area contributed by atoms with E-state index in [4.69, 9.17) is 0 Å². The predicted octanol–water partition coefficient (Wildman–Crippen LogP) is 3.78. The topological polar surface area (TPSA) is 29.9 Å². The summed E-state index contributed by atoms with van der Waals surface area (Å²) in [7, 11) is 1.88. The third kappa shape index (κ3) is 2.72. The second-order valence-corrected chi connectivity index (χ2v) is 5.59. The summed E-state index contributed by atoms with van der Waals surface area (Å²) in [6.45, 7) is 10.1. The van der Waals surface area contributed by atoms with Crippen LogP contribution in [-0.2, 0) is 6.42 Å². The zero-order valence-electron chi connectivity index (χ0n) is 13.7. The van der Waals surface area contributed by atoms with Crippen LogP contribution in [0.3, 0.4) is 0 Å². The summed E-state index contributed by atoms with van der Waals surface area (Å²) in [6.07, 6.45) is 0.953. The number of aromatic nitrogens is 2. The molecule has 0 spiro atoms. The van der Waals surface area contributed by atoms with Crippen LogP contribution in [-0.4, -0.2) is 16.8 Å². The Morgan fingerprint density at radius 3 is 2.48 bits per heavy atom. The molecular formula is C17H24FN3. The molecule has 1 aromatic carbocycles. The zero-order valence-corrected chi connectivity index (χ0v) is 13.7. The molecule has 0 aliphatic heterocycles. The van der Waals surface area contributed by atoms with Crippen LogP contribution in [0.5, 0.6) is 0 Å². The van der Waals surface area contributed by atoms with Crippen LogP contribution in [0.1, 0.15) is 48.0 Å². The normalized spacial score (nSPS) is 12.7. The van der Waals surface area contributed by atoms with E-state index in [1.54, 1.807) is 13.0 Å². The summed E-state index contributed by atoms with van der Waals surface area (Å²) in [5.74, 6) is -0.173. The van der Waals surface area contributed by atoms with Gasteiger partial charge in [-0.25, -0.2) is 9.07 Å². The Labute approximate surface area is 126 Å². The number of benzene rings is 1. The van der Waals surface area contributed by atoms with Gasteiger partial charge in [0.25, 0.3) is 0 Å². The molecule has 0 saturated heterocycles. The fourth-order valence-corrected chi connectivity index (χ4v) is 2.79. The van der Waals surface area contributed by atoms with Crippen LogP contribution < -0.4 is 5.32 Å². The first kappa shape index (κ1) is 15.7. The van der Waals surface area contributed by atoms with Crippen LogP contribution in [0, 0.1) is 26.6 Å². The van der Waals surface area contributed by atoms with Crippen LogP contribution >= 0.6 is 0 Å². The second-order valence-electron chi connectivity index (χ2n) is 5.59. The van der Waals surface area contributed by atoms with Gasteiger partial charge in [0, 0.05) is 11.7 Å². The molecule has 0 aliphatic carbocycles. The van der Waals surface area contributed by atoms with Crippen LogP contribution in [0.4, 0.5) is 4.39 Å². The summed E-state index contributed by atoms with van der Waals surface area (Å²) in [6, 6.07) is 3.56. The lowest BCUT2D eigenvalue weighted by molar-refractivity contribution is 0.596. The minimum Gasteiger partial charge on any atom is -0.313 e. The standard InChI is InChI=1S/C17H24FN3/c1-7-14-12(4)20-21(13(14)5)17-8-10(2)16(18)9-15(17)11(3)19-6/h8-9,11,19H,7H2,1-6H3. The number of aryl methyl sites for hydroxylation is 2. The van der Waals surface area contributed by atoms with Crippen LogP contribution in [0.2, 0.25) is 0 Å². The maximum absolute atomic E-state index is 14.0. The van der Waals surface area contributed by atoms with Crippen molar-refractivity contribution < 1.29 is 4.39 Å². The van der Waals surface area contributed by atoms with E-state index in [9.17, 15) is 4.39 Å². The molecule has 0 aliphatic rings. The van der Waals surface area contributed by atoms with Crippen molar-refractivity contribution in [2.24, 2.45) is 0 Å². The van der Waals surface area contributed by atoms with Gasteiger partial charge in [-0.2, -0.15) is 5.10 Å². The van der Waals surface area contributed by atoms with Crippen molar-refractivity contribution in [3.05, 3.63) is 46.0 Å². The van der Waals surface area contributed by atoms with Gasteiger partial charge in [-0.3, -0.25) is 0 Å². The van der Waals surface area contributed by atoms with Crippen molar-refractivity contribution in [3.63, 3.8) is 0 Å². The van der Waals surface area contributed by atoms with E-state index in [0.717, 1.165) is 29.1 Å². The van der Waals surface area contributed by atoms with E-state index in [1.165, 1.54) is 5.56 Å². The first-order chi connectivity index (χ1) is 9.90. The first-order valence-corrected chi connectivity index (χ1v) is 7.43. The molecule has 1 unspecified atom stereocenters. The molecule has 21 heavy (non-hydrogen) atoms. The van der Waals surface area contributed by atoms with Gasteiger partial charge >= 0.3 is 0 Å². The molecule has 114 valence electrons. The summed E-state index contributed by atoms with van der Waals surface area (Å²) in [5, 5.41) is 7.85. The molecule has 3 nitrogen and oxygen atoms in total. The number of hydrogen-bond acceptors (Lipinski definition) is 2. The molecule has 1 atom stereocenters. The molecule has 0 fully saturated rings. The Balaban J connectivity index is 2.71. The highest BCUT2D eigenvalue weighted by Crippen LogP contribution is 2.27. The van der Waals surface area contributed by atoms with Gasteiger partial charge in [-0.15, -0.1) is 0 Å². The maximum Gasteiger partial charge on any atom is 0.126 e. The Bertz CT molecular complexity index is 659. The molecule has 1 N–H and O–H groups in total. The average molecular weight is 289 g/mol. The molecule has 2 aromatic rings. The van der Waals surface area contributed by atoms with Gasteiger partial charge in [-0.1, -0.05) is 6.92 Å². The average Bonchev–Trinajstić information content (AvgIpc) is 2.75. The fourth-order valence-electron chi connectivity index (χ4n) is 2.79. The number of halogens is 1. The molecule has 0 amide bonds. The number of rotatable bonds is 4. The van der Waals surface area contributed by atoms with E-state index in [0.29, 0.717) is 5.56 Å². The summed E-state index contributed by atoms with van der Waals surface area (Å²) < 4.78 is 15.9. The Hall–Kier alpha value is -1.68. The minimum absolute atomic E-state index is 0.0593. The lowest BCUT2D eigenvalue weighted by Gasteiger charge is -2.18. The molecule has 4 heteroatoms. The van der Waals surface area contributed by atoms with Crippen LogP contribution in [0.15, 0.2) is 12.1 Å². The van der Waals surface area contributed by atoms with Gasteiger partial charge in [0.2, 0.25) is 0 Å². The van der Waals surface area contributed by atoms with Gasteiger partial charge in [0.1, 0.15) is 5.82 Å². The summed E-state index contributed by atoms with van der Waals surface area (Å²) in [5.41, 5.74) is 5.96. The van der Waals surface area contributed by atoms with Crippen molar-refractivity contribution in [2.45, 2.75) is 47.1 Å². The molecular weight excluding hydrogens is 265 g/mol.